The zero-order valence-corrected chi connectivity index (χ0v) is 10.6. The van der Waals surface area contributed by atoms with Crippen molar-refractivity contribution >= 4 is 17.3 Å². The van der Waals surface area contributed by atoms with Crippen molar-refractivity contribution in [2.45, 2.75) is 6.54 Å². The maximum Gasteiger partial charge on any atom is 0.250 e. The van der Waals surface area contributed by atoms with Gasteiger partial charge in [-0.3, -0.25) is 4.79 Å². The van der Waals surface area contributed by atoms with E-state index in [1.54, 1.807) is 37.5 Å². The van der Waals surface area contributed by atoms with Crippen molar-refractivity contribution in [2.24, 2.45) is 7.05 Å². The van der Waals surface area contributed by atoms with Gasteiger partial charge in [-0.2, -0.15) is 0 Å². The van der Waals surface area contributed by atoms with E-state index in [9.17, 15) is 9.90 Å². The summed E-state index contributed by atoms with van der Waals surface area (Å²) in [5, 5.41) is 13.2. The van der Waals surface area contributed by atoms with Crippen molar-refractivity contribution in [2.75, 3.05) is 5.32 Å². The standard InChI is InChI=1S/C13H13ClN2O2/c1-16-8-10(5-6-12(16)17)15-7-9-3-2-4-11(14)13(9)18/h2-6,8,15,18H,7H2,1H3. The van der Waals surface area contributed by atoms with Gasteiger partial charge in [0, 0.05) is 31.4 Å². The number of pyridine rings is 1. The lowest BCUT2D eigenvalue weighted by Crippen LogP contribution is -2.15. The number of anilines is 1. The molecule has 2 rings (SSSR count). The van der Waals surface area contributed by atoms with Gasteiger partial charge >= 0.3 is 0 Å². The summed E-state index contributed by atoms with van der Waals surface area (Å²) >= 11 is 5.82. The summed E-state index contributed by atoms with van der Waals surface area (Å²) in [5.41, 5.74) is 1.44. The molecule has 0 aliphatic heterocycles. The molecule has 0 saturated carbocycles. The third kappa shape index (κ3) is 2.65. The van der Waals surface area contributed by atoms with E-state index in [0.717, 1.165) is 5.69 Å². The molecule has 0 atom stereocenters. The van der Waals surface area contributed by atoms with Crippen LogP contribution in [0.4, 0.5) is 5.69 Å². The molecule has 0 unspecified atom stereocenters. The molecule has 18 heavy (non-hydrogen) atoms. The highest BCUT2D eigenvalue weighted by Crippen LogP contribution is 2.27. The quantitative estimate of drug-likeness (QED) is 0.895. The Bertz CT molecular complexity index is 623. The van der Waals surface area contributed by atoms with E-state index in [1.165, 1.54) is 10.6 Å². The average molecular weight is 265 g/mol. The lowest BCUT2D eigenvalue weighted by Gasteiger charge is -2.09. The SMILES string of the molecule is Cn1cc(NCc2cccc(Cl)c2O)ccc1=O. The second-order valence-electron chi connectivity index (χ2n) is 3.97. The lowest BCUT2D eigenvalue weighted by molar-refractivity contribution is 0.469. The van der Waals surface area contributed by atoms with E-state index in [-0.39, 0.29) is 11.3 Å². The fourth-order valence-corrected chi connectivity index (χ4v) is 1.79. The number of halogens is 1. The number of benzene rings is 1. The minimum atomic E-state index is -0.0637. The Morgan fingerprint density at radius 3 is 2.83 bits per heavy atom. The van der Waals surface area contributed by atoms with Gasteiger partial charge in [-0.25, -0.2) is 0 Å². The molecule has 0 aliphatic rings. The minimum Gasteiger partial charge on any atom is -0.506 e. The predicted molar refractivity (Wildman–Crippen MR) is 72.1 cm³/mol. The number of aromatic hydroxyl groups is 1. The fraction of sp³-hybridized carbons (Fsp3) is 0.154. The second-order valence-corrected chi connectivity index (χ2v) is 4.38. The molecule has 0 aliphatic carbocycles. The Kier molecular flexibility index (Phi) is 3.58. The highest BCUT2D eigenvalue weighted by atomic mass is 35.5. The molecule has 2 N–H and O–H groups in total. The summed E-state index contributed by atoms with van der Waals surface area (Å²) < 4.78 is 1.49. The number of nitrogens with one attached hydrogen (secondary N) is 1. The molecule has 0 saturated heterocycles. The first kappa shape index (κ1) is 12.5. The lowest BCUT2D eigenvalue weighted by atomic mass is 10.2. The van der Waals surface area contributed by atoms with Crippen LogP contribution in [-0.2, 0) is 13.6 Å². The van der Waals surface area contributed by atoms with E-state index in [4.69, 9.17) is 11.6 Å². The predicted octanol–water partition coefficient (Wildman–Crippen LogP) is 2.36. The van der Waals surface area contributed by atoms with Crippen LogP contribution in [0, 0.1) is 0 Å². The van der Waals surface area contributed by atoms with Crippen molar-refractivity contribution in [1.29, 1.82) is 0 Å². The van der Waals surface area contributed by atoms with Crippen LogP contribution in [0.3, 0.4) is 0 Å². The van der Waals surface area contributed by atoms with Gasteiger partial charge in [-0.15, -0.1) is 0 Å². The van der Waals surface area contributed by atoms with Crippen LogP contribution in [0.15, 0.2) is 41.3 Å². The zero-order valence-electron chi connectivity index (χ0n) is 9.85. The largest absolute Gasteiger partial charge is 0.506 e. The van der Waals surface area contributed by atoms with Gasteiger partial charge in [-0.05, 0) is 12.1 Å². The molecule has 0 spiro atoms. The smallest absolute Gasteiger partial charge is 0.250 e. The normalized spacial score (nSPS) is 10.3. The molecule has 0 fully saturated rings. The topological polar surface area (TPSA) is 54.3 Å². The van der Waals surface area contributed by atoms with E-state index in [1.807, 2.05) is 0 Å². The number of nitrogens with zero attached hydrogens (tertiary/aromatic N) is 1. The zero-order chi connectivity index (χ0) is 13.1. The number of para-hydroxylation sites is 1. The Morgan fingerprint density at radius 2 is 2.11 bits per heavy atom. The average Bonchev–Trinajstić information content (AvgIpc) is 2.35. The van der Waals surface area contributed by atoms with Crippen molar-refractivity contribution in [1.82, 2.24) is 4.57 Å². The third-order valence-corrected chi connectivity index (χ3v) is 2.94. The summed E-state index contributed by atoms with van der Waals surface area (Å²) in [6.07, 6.45) is 1.70. The molecule has 1 aromatic carbocycles. The van der Waals surface area contributed by atoms with Crippen molar-refractivity contribution in [3.05, 3.63) is 57.5 Å². The first-order valence-electron chi connectivity index (χ1n) is 5.45. The number of hydrogen-bond donors (Lipinski definition) is 2. The molecular weight excluding hydrogens is 252 g/mol. The molecule has 4 nitrogen and oxygen atoms in total. The first-order chi connectivity index (χ1) is 8.58. The van der Waals surface area contributed by atoms with Gasteiger partial charge in [0.05, 0.1) is 10.7 Å². The highest BCUT2D eigenvalue weighted by Gasteiger charge is 2.04. The maximum atomic E-state index is 11.2. The van der Waals surface area contributed by atoms with E-state index >= 15 is 0 Å². The van der Waals surface area contributed by atoms with Gasteiger partial charge in [0.25, 0.3) is 0 Å². The second kappa shape index (κ2) is 5.14. The molecule has 2 aromatic rings. The van der Waals surface area contributed by atoms with Crippen LogP contribution in [0.1, 0.15) is 5.56 Å². The van der Waals surface area contributed by atoms with Crippen LogP contribution in [0.5, 0.6) is 5.75 Å². The summed E-state index contributed by atoms with van der Waals surface area (Å²) in [7, 11) is 1.68. The molecule has 0 bridgehead atoms. The van der Waals surface area contributed by atoms with E-state index in [2.05, 4.69) is 5.32 Å². The summed E-state index contributed by atoms with van der Waals surface area (Å²) in [6, 6.07) is 8.38. The van der Waals surface area contributed by atoms with Gasteiger partial charge < -0.3 is 15.0 Å². The summed E-state index contributed by atoms with van der Waals surface area (Å²) in [5.74, 6) is 0.0801. The van der Waals surface area contributed by atoms with Crippen LogP contribution in [0.2, 0.25) is 5.02 Å². The van der Waals surface area contributed by atoms with Crippen molar-refractivity contribution < 1.29 is 5.11 Å². The summed E-state index contributed by atoms with van der Waals surface area (Å²) in [6.45, 7) is 0.435. The number of aromatic nitrogens is 1. The van der Waals surface area contributed by atoms with Crippen LogP contribution in [-0.4, -0.2) is 9.67 Å². The van der Waals surface area contributed by atoms with Gasteiger partial charge in [0.1, 0.15) is 5.75 Å². The Labute approximate surface area is 109 Å². The van der Waals surface area contributed by atoms with Crippen LogP contribution in [0.25, 0.3) is 0 Å². The Balaban J connectivity index is 2.14. The van der Waals surface area contributed by atoms with Gasteiger partial charge in [0.2, 0.25) is 5.56 Å². The number of phenolic OH excluding ortho intramolecular Hbond substituents is 1. The summed E-state index contributed by atoms with van der Waals surface area (Å²) in [4.78, 5) is 11.2. The van der Waals surface area contributed by atoms with Gasteiger partial charge in [0.15, 0.2) is 0 Å². The van der Waals surface area contributed by atoms with Gasteiger partial charge in [-0.1, -0.05) is 23.7 Å². The molecule has 0 amide bonds. The number of aryl methyl sites for hydroxylation is 1. The third-order valence-electron chi connectivity index (χ3n) is 2.64. The highest BCUT2D eigenvalue weighted by molar-refractivity contribution is 6.32. The minimum absolute atomic E-state index is 0.0637. The van der Waals surface area contributed by atoms with Crippen LogP contribution >= 0.6 is 11.6 Å². The number of hydrogen-bond acceptors (Lipinski definition) is 3. The molecule has 94 valence electrons. The van der Waals surface area contributed by atoms with Crippen molar-refractivity contribution in [3.8, 4) is 5.75 Å². The number of rotatable bonds is 3. The Hall–Kier alpha value is -1.94. The van der Waals surface area contributed by atoms with Crippen molar-refractivity contribution in [3.63, 3.8) is 0 Å². The molecule has 1 aromatic heterocycles. The maximum absolute atomic E-state index is 11.2. The fourth-order valence-electron chi connectivity index (χ4n) is 1.60. The molecule has 1 heterocycles. The monoisotopic (exact) mass is 264 g/mol. The molecule has 0 radical (unpaired) electrons. The van der Waals surface area contributed by atoms with E-state index in [0.29, 0.717) is 17.1 Å². The Morgan fingerprint density at radius 1 is 1.33 bits per heavy atom. The molecule has 5 heteroatoms. The first-order valence-corrected chi connectivity index (χ1v) is 5.82. The van der Waals surface area contributed by atoms with E-state index < -0.39 is 0 Å². The van der Waals surface area contributed by atoms with Crippen LogP contribution < -0.4 is 10.9 Å². The molecular formula is C13H13ClN2O2. The number of phenols is 1.